The molecule has 1 aromatic carbocycles. The van der Waals surface area contributed by atoms with Crippen LogP contribution >= 0.6 is 0 Å². The summed E-state index contributed by atoms with van der Waals surface area (Å²) in [5.74, 6) is -1.02. The molecule has 2 heterocycles. The SMILES string of the molecule is O=C(Cn1cnc2nc3c(cc2c1=O)CCCC3)Nc1ccccc1F. The van der Waals surface area contributed by atoms with Crippen molar-refractivity contribution < 1.29 is 9.18 Å². The minimum absolute atomic E-state index is 0.0787. The van der Waals surface area contributed by atoms with Crippen molar-refractivity contribution in [3.63, 3.8) is 0 Å². The Balaban J connectivity index is 1.62. The lowest BCUT2D eigenvalue weighted by molar-refractivity contribution is -0.116. The smallest absolute Gasteiger partial charge is 0.263 e. The fraction of sp³-hybridized carbons (Fsp3) is 0.263. The van der Waals surface area contributed by atoms with Crippen LogP contribution in [0, 0.1) is 5.82 Å². The summed E-state index contributed by atoms with van der Waals surface area (Å²) < 4.78 is 14.9. The van der Waals surface area contributed by atoms with Crippen molar-refractivity contribution in [2.75, 3.05) is 5.32 Å². The van der Waals surface area contributed by atoms with Crippen LogP contribution in [0.4, 0.5) is 10.1 Å². The molecule has 6 nitrogen and oxygen atoms in total. The monoisotopic (exact) mass is 352 g/mol. The van der Waals surface area contributed by atoms with Gasteiger partial charge in [0.25, 0.3) is 5.56 Å². The highest BCUT2D eigenvalue weighted by molar-refractivity contribution is 5.90. The van der Waals surface area contributed by atoms with E-state index in [4.69, 9.17) is 0 Å². The van der Waals surface area contributed by atoms with Crippen LogP contribution in [0.25, 0.3) is 11.0 Å². The molecular weight excluding hydrogens is 335 g/mol. The van der Waals surface area contributed by atoms with Gasteiger partial charge in [-0.25, -0.2) is 14.4 Å². The number of amides is 1. The van der Waals surface area contributed by atoms with Gasteiger partial charge >= 0.3 is 0 Å². The summed E-state index contributed by atoms with van der Waals surface area (Å²) in [6.45, 7) is -0.243. The van der Waals surface area contributed by atoms with Gasteiger partial charge in [0.05, 0.1) is 11.1 Å². The number of benzene rings is 1. The lowest BCUT2D eigenvalue weighted by Crippen LogP contribution is -2.28. The fourth-order valence-corrected chi connectivity index (χ4v) is 3.23. The van der Waals surface area contributed by atoms with E-state index in [1.807, 2.05) is 6.07 Å². The third-order valence-corrected chi connectivity index (χ3v) is 4.55. The minimum Gasteiger partial charge on any atom is -0.322 e. The van der Waals surface area contributed by atoms with Gasteiger partial charge < -0.3 is 5.32 Å². The molecule has 4 rings (SSSR count). The van der Waals surface area contributed by atoms with Gasteiger partial charge in [-0.2, -0.15) is 0 Å². The lowest BCUT2D eigenvalue weighted by atomic mass is 9.95. The number of hydrogen-bond donors (Lipinski definition) is 1. The third-order valence-electron chi connectivity index (χ3n) is 4.55. The van der Waals surface area contributed by atoms with Crippen molar-refractivity contribution in [1.82, 2.24) is 14.5 Å². The Kier molecular flexibility index (Phi) is 4.20. The predicted octanol–water partition coefficient (Wildman–Crippen LogP) is 2.45. The maximum atomic E-state index is 13.6. The van der Waals surface area contributed by atoms with Crippen LogP contribution in [0.2, 0.25) is 0 Å². The standard InChI is InChI=1S/C19H17FN4O2/c20-14-6-2-4-8-16(14)22-17(25)10-24-11-21-18-13(19(24)26)9-12-5-1-3-7-15(12)23-18/h2,4,6,8-9,11H,1,3,5,7,10H2,(H,22,25). The molecule has 0 aliphatic heterocycles. The molecule has 2 aromatic heterocycles. The van der Waals surface area contributed by atoms with Crippen LogP contribution in [-0.4, -0.2) is 20.4 Å². The number of aromatic nitrogens is 3. The molecule has 1 amide bonds. The van der Waals surface area contributed by atoms with E-state index in [2.05, 4.69) is 15.3 Å². The Bertz CT molecular complexity index is 1060. The number of halogens is 1. The summed E-state index contributed by atoms with van der Waals surface area (Å²) >= 11 is 0. The molecule has 3 aromatic rings. The molecule has 0 saturated heterocycles. The molecule has 26 heavy (non-hydrogen) atoms. The number of nitrogens with zero attached hydrogens (tertiary/aromatic N) is 3. The number of para-hydroxylation sites is 1. The number of nitrogens with one attached hydrogen (secondary N) is 1. The number of fused-ring (bicyclic) bond motifs is 2. The van der Waals surface area contributed by atoms with E-state index >= 15 is 0 Å². The zero-order valence-electron chi connectivity index (χ0n) is 14.0. The lowest BCUT2D eigenvalue weighted by Gasteiger charge is -2.15. The molecule has 7 heteroatoms. The molecule has 1 aliphatic carbocycles. The highest BCUT2D eigenvalue weighted by Gasteiger charge is 2.16. The van der Waals surface area contributed by atoms with Crippen LogP contribution in [0.1, 0.15) is 24.1 Å². The summed E-state index contributed by atoms with van der Waals surface area (Å²) in [5, 5.41) is 2.88. The van der Waals surface area contributed by atoms with Gasteiger partial charge in [0.1, 0.15) is 18.7 Å². The maximum Gasteiger partial charge on any atom is 0.263 e. The van der Waals surface area contributed by atoms with Crippen molar-refractivity contribution in [2.24, 2.45) is 0 Å². The number of rotatable bonds is 3. The summed E-state index contributed by atoms with van der Waals surface area (Å²) in [6.07, 6.45) is 5.30. The van der Waals surface area contributed by atoms with E-state index in [1.54, 1.807) is 6.07 Å². The Morgan fingerprint density at radius 1 is 1.23 bits per heavy atom. The van der Waals surface area contributed by atoms with Crippen molar-refractivity contribution in [3.05, 3.63) is 64.1 Å². The molecule has 0 unspecified atom stereocenters. The molecule has 0 spiro atoms. The van der Waals surface area contributed by atoms with E-state index in [1.165, 1.54) is 29.1 Å². The Labute approximate surface area is 148 Å². The zero-order valence-corrected chi connectivity index (χ0v) is 14.0. The first-order chi connectivity index (χ1) is 12.6. The van der Waals surface area contributed by atoms with E-state index in [0.29, 0.717) is 11.0 Å². The Morgan fingerprint density at radius 2 is 2.04 bits per heavy atom. The van der Waals surface area contributed by atoms with Crippen LogP contribution in [-0.2, 0) is 24.2 Å². The highest BCUT2D eigenvalue weighted by Crippen LogP contribution is 2.21. The van der Waals surface area contributed by atoms with Crippen LogP contribution < -0.4 is 10.9 Å². The first-order valence-electron chi connectivity index (χ1n) is 8.54. The van der Waals surface area contributed by atoms with Crippen LogP contribution in [0.3, 0.4) is 0 Å². The largest absolute Gasteiger partial charge is 0.322 e. The summed E-state index contributed by atoms with van der Waals surface area (Å²) in [7, 11) is 0. The summed E-state index contributed by atoms with van der Waals surface area (Å²) in [4.78, 5) is 33.6. The second kappa shape index (κ2) is 6.67. The van der Waals surface area contributed by atoms with Crippen molar-refractivity contribution in [1.29, 1.82) is 0 Å². The Hall–Kier alpha value is -3.09. The summed E-state index contributed by atoms with van der Waals surface area (Å²) in [6, 6.07) is 7.73. The molecular formula is C19H17FN4O2. The summed E-state index contributed by atoms with van der Waals surface area (Å²) in [5.41, 5.74) is 2.25. The zero-order chi connectivity index (χ0) is 18.1. The van der Waals surface area contributed by atoms with E-state index in [-0.39, 0.29) is 17.8 Å². The number of anilines is 1. The van der Waals surface area contributed by atoms with Crippen molar-refractivity contribution >= 4 is 22.6 Å². The van der Waals surface area contributed by atoms with Gasteiger partial charge in [-0.3, -0.25) is 14.2 Å². The highest BCUT2D eigenvalue weighted by atomic mass is 19.1. The van der Waals surface area contributed by atoms with Gasteiger partial charge in [-0.15, -0.1) is 0 Å². The molecule has 0 atom stereocenters. The molecule has 0 saturated carbocycles. The molecule has 132 valence electrons. The molecule has 0 bridgehead atoms. The van der Waals surface area contributed by atoms with Gasteiger partial charge in [-0.1, -0.05) is 12.1 Å². The molecule has 0 fully saturated rings. The van der Waals surface area contributed by atoms with Gasteiger partial charge in [0.15, 0.2) is 5.65 Å². The molecule has 1 aliphatic rings. The Morgan fingerprint density at radius 3 is 2.88 bits per heavy atom. The number of aryl methyl sites for hydroxylation is 2. The predicted molar refractivity (Wildman–Crippen MR) is 95.5 cm³/mol. The van der Waals surface area contributed by atoms with Crippen LogP contribution in [0.5, 0.6) is 0 Å². The molecule has 1 N–H and O–H groups in total. The number of pyridine rings is 1. The average molecular weight is 352 g/mol. The van der Waals surface area contributed by atoms with E-state index in [0.717, 1.165) is 36.9 Å². The fourth-order valence-electron chi connectivity index (χ4n) is 3.23. The number of hydrogen-bond acceptors (Lipinski definition) is 4. The van der Waals surface area contributed by atoms with E-state index in [9.17, 15) is 14.0 Å². The second-order valence-corrected chi connectivity index (χ2v) is 6.38. The molecule has 0 radical (unpaired) electrons. The minimum atomic E-state index is -0.527. The van der Waals surface area contributed by atoms with Crippen LogP contribution in [0.15, 0.2) is 41.5 Å². The van der Waals surface area contributed by atoms with Gasteiger partial charge in [0, 0.05) is 5.69 Å². The average Bonchev–Trinajstić information content (AvgIpc) is 2.65. The van der Waals surface area contributed by atoms with Gasteiger partial charge in [-0.05, 0) is 49.4 Å². The van der Waals surface area contributed by atoms with Crippen molar-refractivity contribution in [2.45, 2.75) is 32.2 Å². The first-order valence-corrected chi connectivity index (χ1v) is 8.54. The topological polar surface area (TPSA) is 76.9 Å². The van der Waals surface area contributed by atoms with E-state index < -0.39 is 11.7 Å². The first kappa shape index (κ1) is 16.4. The van der Waals surface area contributed by atoms with Crippen molar-refractivity contribution in [3.8, 4) is 0 Å². The third kappa shape index (κ3) is 3.08. The normalized spacial score (nSPS) is 13.4. The number of carbonyl (C=O) groups is 1. The maximum absolute atomic E-state index is 13.6. The van der Waals surface area contributed by atoms with Gasteiger partial charge in [0.2, 0.25) is 5.91 Å². The second-order valence-electron chi connectivity index (χ2n) is 6.38. The number of carbonyl (C=O) groups excluding carboxylic acids is 1. The quantitative estimate of drug-likeness (QED) is 0.785.